The average molecular weight is 516 g/mol. The lowest BCUT2D eigenvalue weighted by molar-refractivity contribution is -0.121. The molecular weight excluding hydrogens is 492 g/mol. The van der Waals surface area contributed by atoms with Gasteiger partial charge in [0.05, 0.1) is 17.3 Å². The molecule has 0 saturated carbocycles. The van der Waals surface area contributed by atoms with Crippen molar-refractivity contribution in [1.82, 2.24) is 5.43 Å². The molecule has 3 rings (SSSR count). The molecule has 3 aromatic rings. The van der Waals surface area contributed by atoms with Gasteiger partial charge in [-0.15, -0.1) is 0 Å². The fraction of sp³-hybridized carbons (Fsp3) is 0.200. The number of rotatable bonds is 10. The van der Waals surface area contributed by atoms with E-state index in [-0.39, 0.29) is 5.91 Å². The molecule has 0 heterocycles. The van der Waals surface area contributed by atoms with E-state index in [1.807, 2.05) is 73.7 Å². The molecule has 0 atom stereocenters. The Morgan fingerprint density at radius 1 is 1.09 bits per heavy atom. The number of hydrogen-bond donors (Lipinski definition) is 1. The van der Waals surface area contributed by atoms with Crippen LogP contribution < -0.4 is 14.9 Å². The second-order valence-electron chi connectivity index (χ2n) is 6.92. The molecule has 0 radical (unpaired) electrons. The van der Waals surface area contributed by atoms with Crippen molar-refractivity contribution in [3.05, 3.63) is 92.9 Å². The van der Waals surface area contributed by atoms with Gasteiger partial charge in [0.1, 0.15) is 6.61 Å². The highest BCUT2D eigenvalue weighted by atomic mass is 79.9. The summed E-state index contributed by atoms with van der Waals surface area (Å²) in [5, 5.41) is 4.72. The first-order valence-electron chi connectivity index (χ1n) is 10.2. The van der Waals surface area contributed by atoms with Crippen LogP contribution in [-0.2, 0) is 17.8 Å². The molecule has 0 aliphatic carbocycles. The summed E-state index contributed by atoms with van der Waals surface area (Å²) in [7, 11) is 0. The van der Waals surface area contributed by atoms with Gasteiger partial charge in [0, 0.05) is 17.0 Å². The van der Waals surface area contributed by atoms with E-state index in [9.17, 15) is 4.79 Å². The Kier molecular flexibility index (Phi) is 9.13. The Morgan fingerprint density at radius 2 is 1.84 bits per heavy atom. The van der Waals surface area contributed by atoms with Crippen LogP contribution in [0.1, 0.15) is 30.0 Å². The molecule has 1 N–H and O–H groups in total. The minimum Gasteiger partial charge on any atom is -0.490 e. The van der Waals surface area contributed by atoms with Crippen LogP contribution in [0.2, 0.25) is 5.02 Å². The summed E-state index contributed by atoms with van der Waals surface area (Å²) in [6.45, 7) is 2.69. The zero-order valence-corrected chi connectivity index (χ0v) is 20.0. The Morgan fingerprint density at radius 3 is 2.59 bits per heavy atom. The van der Waals surface area contributed by atoms with E-state index in [1.54, 1.807) is 6.21 Å². The maximum atomic E-state index is 12.1. The summed E-state index contributed by atoms with van der Waals surface area (Å²) in [5.74, 6) is 1.01. The van der Waals surface area contributed by atoms with Gasteiger partial charge in [-0.1, -0.05) is 60.1 Å². The van der Waals surface area contributed by atoms with E-state index in [4.69, 9.17) is 21.1 Å². The summed E-state index contributed by atoms with van der Waals surface area (Å²) in [6, 6.07) is 21.1. The van der Waals surface area contributed by atoms with Crippen molar-refractivity contribution in [3.63, 3.8) is 0 Å². The SMILES string of the molecule is CCOc1cc(/C=N\NC(=O)CCc2ccccc2)cc(Br)c1OCc1ccccc1Cl. The second kappa shape index (κ2) is 12.3. The van der Waals surface area contributed by atoms with Crippen LogP contribution in [0.15, 0.2) is 76.3 Å². The van der Waals surface area contributed by atoms with Crippen molar-refractivity contribution in [2.75, 3.05) is 6.61 Å². The molecule has 0 aliphatic heterocycles. The maximum absolute atomic E-state index is 12.1. The van der Waals surface area contributed by atoms with Crippen LogP contribution in [-0.4, -0.2) is 18.7 Å². The smallest absolute Gasteiger partial charge is 0.240 e. The number of hydrazone groups is 1. The van der Waals surface area contributed by atoms with E-state index < -0.39 is 0 Å². The quantitative estimate of drug-likeness (QED) is 0.260. The number of nitrogens with one attached hydrogen (secondary N) is 1. The van der Waals surface area contributed by atoms with Crippen molar-refractivity contribution in [3.8, 4) is 11.5 Å². The topological polar surface area (TPSA) is 59.9 Å². The summed E-state index contributed by atoms with van der Waals surface area (Å²) >= 11 is 9.77. The van der Waals surface area contributed by atoms with Gasteiger partial charge in [0.25, 0.3) is 0 Å². The summed E-state index contributed by atoms with van der Waals surface area (Å²) < 4.78 is 12.5. The zero-order chi connectivity index (χ0) is 22.8. The van der Waals surface area contributed by atoms with E-state index in [1.165, 1.54) is 0 Å². The molecule has 166 valence electrons. The van der Waals surface area contributed by atoms with Crippen LogP contribution in [0.3, 0.4) is 0 Å². The van der Waals surface area contributed by atoms with Gasteiger partial charge in [-0.3, -0.25) is 4.79 Å². The number of aryl methyl sites for hydroxylation is 1. The second-order valence-corrected chi connectivity index (χ2v) is 8.18. The number of nitrogens with zero attached hydrogens (tertiary/aromatic N) is 1. The molecule has 7 heteroatoms. The summed E-state index contributed by atoms with van der Waals surface area (Å²) in [4.78, 5) is 12.1. The molecule has 3 aromatic carbocycles. The van der Waals surface area contributed by atoms with Gasteiger partial charge in [-0.05, 0) is 58.6 Å². The Balaban J connectivity index is 1.62. The highest BCUT2D eigenvalue weighted by Crippen LogP contribution is 2.37. The fourth-order valence-corrected chi connectivity index (χ4v) is 3.73. The van der Waals surface area contributed by atoms with Gasteiger partial charge >= 0.3 is 0 Å². The number of hydrogen-bond acceptors (Lipinski definition) is 4. The lowest BCUT2D eigenvalue weighted by Gasteiger charge is -2.15. The highest BCUT2D eigenvalue weighted by Gasteiger charge is 2.13. The van der Waals surface area contributed by atoms with Gasteiger partial charge in [-0.2, -0.15) is 5.10 Å². The average Bonchev–Trinajstić information content (AvgIpc) is 2.79. The van der Waals surface area contributed by atoms with Crippen molar-refractivity contribution in [1.29, 1.82) is 0 Å². The first kappa shape index (κ1) is 23.8. The molecule has 0 aromatic heterocycles. The molecule has 1 amide bonds. The van der Waals surface area contributed by atoms with E-state index in [2.05, 4.69) is 26.5 Å². The monoisotopic (exact) mass is 514 g/mol. The number of halogens is 2. The molecular formula is C25H24BrClN2O3. The minimum atomic E-state index is -0.145. The van der Waals surface area contributed by atoms with E-state index in [0.717, 1.165) is 16.7 Å². The molecule has 0 unspecified atom stereocenters. The third-order valence-corrected chi connectivity index (χ3v) is 5.51. The highest BCUT2D eigenvalue weighted by molar-refractivity contribution is 9.10. The summed E-state index contributed by atoms with van der Waals surface area (Å²) in [5.41, 5.74) is 5.32. The van der Waals surface area contributed by atoms with Gasteiger partial charge in [0.2, 0.25) is 5.91 Å². The van der Waals surface area contributed by atoms with Gasteiger partial charge in [0.15, 0.2) is 11.5 Å². The third kappa shape index (κ3) is 7.11. The van der Waals surface area contributed by atoms with Crippen LogP contribution in [0, 0.1) is 0 Å². The molecule has 0 fully saturated rings. The predicted octanol–water partition coefficient (Wildman–Crippen LogP) is 6.16. The number of benzene rings is 3. The number of ether oxygens (including phenoxy) is 2. The van der Waals surface area contributed by atoms with Crippen molar-refractivity contribution in [2.45, 2.75) is 26.4 Å². The van der Waals surface area contributed by atoms with Gasteiger partial charge < -0.3 is 9.47 Å². The molecule has 0 aliphatic rings. The standard InChI is InChI=1S/C25H24BrClN2O3/c1-2-31-23-15-19(16-28-29-24(30)13-12-18-8-4-3-5-9-18)14-21(26)25(23)32-17-20-10-6-7-11-22(20)27/h3-11,14-16H,2,12-13,17H2,1H3,(H,29,30)/b28-16-. The van der Waals surface area contributed by atoms with Crippen molar-refractivity contribution in [2.24, 2.45) is 5.10 Å². The molecule has 0 saturated heterocycles. The van der Waals surface area contributed by atoms with Crippen LogP contribution in [0.5, 0.6) is 11.5 Å². The summed E-state index contributed by atoms with van der Waals surface area (Å²) in [6.07, 6.45) is 2.61. The molecule has 5 nitrogen and oxygen atoms in total. The lowest BCUT2D eigenvalue weighted by Crippen LogP contribution is -2.17. The molecule has 0 bridgehead atoms. The Labute approximate surface area is 201 Å². The maximum Gasteiger partial charge on any atom is 0.240 e. The van der Waals surface area contributed by atoms with Crippen LogP contribution in [0.4, 0.5) is 0 Å². The third-order valence-electron chi connectivity index (χ3n) is 4.55. The number of amides is 1. The van der Waals surface area contributed by atoms with Crippen LogP contribution >= 0.6 is 27.5 Å². The zero-order valence-electron chi connectivity index (χ0n) is 17.7. The Bertz CT molecular complexity index is 1070. The van der Waals surface area contributed by atoms with E-state index in [0.29, 0.717) is 47.0 Å². The molecule has 0 spiro atoms. The van der Waals surface area contributed by atoms with Crippen molar-refractivity contribution < 1.29 is 14.3 Å². The first-order chi connectivity index (χ1) is 15.6. The van der Waals surface area contributed by atoms with Gasteiger partial charge in [-0.25, -0.2) is 5.43 Å². The fourth-order valence-electron chi connectivity index (χ4n) is 2.97. The normalized spacial score (nSPS) is 10.8. The minimum absolute atomic E-state index is 0.145. The number of carbonyl (C=O) groups is 1. The van der Waals surface area contributed by atoms with Crippen LogP contribution in [0.25, 0.3) is 0 Å². The lowest BCUT2D eigenvalue weighted by atomic mass is 10.1. The largest absolute Gasteiger partial charge is 0.490 e. The first-order valence-corrected chi connectivity index (χ1v) is 11.4. The van der Waals surface area contributed by atoms with Crippen molar-refractivity contribution >= 4 is 39.7 Å². The Hall–Kier alpha value is -2.83. The molecule has 32 heavy (non-hydrogen) atoms. The van der Waals surface area contributed by atoms with E-state index >= 15 is 0 Å². The number of carbonyl (C=O) groups excluding carboxylic acids is 1. The predicted molar refractivity (Wildman–Crippen MR) is 132 cm³/mol.